The summed E-state index contributed by atoms with van der Waals surface area (Å²) in [6.45, 7) is 4.99. The molecule has 0 saturated carbocycles. The summed E-state index contributed by atoms with van der Waals surface area (Å²) >= 11 is 5.47. The fraction of sp³-hybridized carbons (Fsp3) is 0.385. The van der Waals surface area contributed by atoms with Gasteiger partial charge in [-0.2, -0.15) is 0 Å². The molecule has 15 heavy (non-hydrogen) atoms. The first-order valence-electron chi connectivity index (χ1n) is 5.00. The molecule has 0 aliphatic carbocycles. The average Bonchev–Trinajstić information content (AvgIpc) is 2.25. The maximum atomic E-state index is 5.55. The zero-order valence-corrected chi connectivity index (χ0v) is 9.84. The van der Waals surface area contributed by atoms with E-state index < -0.39 is 0 Å². The standard InChI is InChI=1S/C13H15ClO/c1-11(2)10-15-13-7-5-12(6-8-13)4-3-9-14/h5-8,11H,9-10H2,1-2H3. The molecule has 0 atom stereocenters. The minimum Gasteiger partial charge on any atom is -0.493 e. The quantitative estimate of drug-likeness (QED) is 0.563. The van der Waals surface area contributed by atoms with Crippen molar-refractivity contribution < 1.29 is 4.74 Å². The maximum absolute atomic E-state index is 5.55. The zero-order valence-electron chi connectivity index (χ0n) is 9.09. The van der Waals surface area contributed by atoms with E-state index in [0.717, 1.165) is 17.9 Å². The second-order valence-electron chi connectivity index (χ2n) is 3.66. The van der Waals surface area contributed by atoms with Gasteiger partial charge >= 0.3 is 0 Å². The van der Waals surface area contributed by atoms with Gasteiger partial charge < -0.3 is 4.74 Å². The zero-order chi connectivity index (χ0) is 11.1. The van der Waals surface area contributed by atoms with Crippen LogP contribution >= 0.6 is 11.6 Å². The maximum Gasteiger partial charge on any atom is 0.119 e. The largest absolute Gasteiger partial charge is 0.493 e. The average molecular weight is 223 g/mol. The third-order valence-electron chi connectivity index (χ3n) is 1.74. The van der Waals surface area contributed by atoms with E-state index in [2.05, 4.69) is 25.7 Å². The van der Waals surface area contributed by atoms with E-state index in [4.69, 9.17) is 16.3 Å². The molecule has 0 saturated heterocycles. The van der Waals surface area contributed by atoms with Crippen molar-refractivity contribution >= 4 is 11.6 Å². The molecular weight excluding hydrogens is 208 g/mol. The lowest BCUT2D eigenvalue weighted by molar-refractivity contribution is 0.271. The van der Waals surface area contributed by atoms with E-state index >= 15 is 0 Å². The normalized spacial score (nSPS) is 9.60. The fourth-order valence-electron chi connectivity index (χ4n) is 1.03. The van der Waals surface area contributed by atoms with Gasteiger partial charge in [0.15, 0.2) is 0 Å². The molecule has 1 aromatic carbocycles. The van der Waals surface area contributed by atoms with Crippen LogP contribution in [0, 0.1) is 17.8 Å². The summed E-state index contributed by atoms with van der Waals surface area (Å²) in [6, 6.07) is 7.74. The van der Waals surface area contributed by atoms with Crippen molar-refractivity contribution in [3.63, 3.8) is 0 Å². The summed E-state index contributed by atoms with van der Waals surface area (Å²) in [5.74, 6) is 7.56. The highest BCUT2D eigenvalue weighted by molar-refractivity contribution is 6.19. The van der Waals surface area contributed by atoms with E-state index in [9.17, 15) is 0 Å². The molecule has 0 aliphatic rings. The number of alkyl halides is 1. The minimum absolute atomic E-state index is 0.367. The molecule has 0 fully saturated rings. The Balaban J connectivity index is 2.56. The van der Waals surface area contributed by atoms with Gasteiger partial charge in [-0.1, -0.05) is 25.7 Å². The Hall–Kier alpha value is -1.13. The molecule has 0 aliphatic heterocycles. The summed E-state index contributed by atoms with van der Waals surface area (Å²) in [6.07, 6.45) is 0. The summed E-state index contributed by atoms with van der Waals surface area (Å²) < 4.78 is 5.55. The van der Waals surface area contributed by atoms with Gasteiger partial charge in [0.25, 0.3) is 0 Å². The molecular formula is C13H15ClO. The highest BCUT2D eigenvalue weighted by Gasteiger charge is 1.96. The van der Waals surface area contributed by atoms with Crippen molar-refractivity contribution in [2.45, 2.75) is 13.8 Å². The van der Waals surface area contributed by atoms with E-state index in [1.165, 1.54) is 0 Å². The predicted octanol–water partition coefficient (Wildman–Crippen LogP) is 3.31. The topological polar surface area (TPSA) is 9.23 Å². The van der Waals surface area contributed by atoms with Crippen molar-refractivity contribution in [1.82, 2.24) is 0 Å². The molecule has 0 N–H and O–H groups in total. The number of rotatable bonds is 3. The van der Waals surface area contributed by atoms with Crippen molar-refractivity contribution in [3.8, 4) is 17.6 Å². The molecule has 1 aromatic rings. The summed E-state index contributed by atoms with van der Waals surface area (Å²) in [7, 11) is 0. The van der Waals surface area contributed by atoms with Gasteiger partial charge in [0.2, 0.25) is 0 Å². The van der Waals surface area contributed by atoms with E-state index in [1.807, 2.05) is 24.3 Å². The van der Waals surface area contributed by atoms with Crippen LogP contribution in [0.3, 0.4) is 0 Å². The molecule has 0 amide bonds. The third-order valence-corrected chi connectivity index (χ3v) is 1.87. The van der Waals surface area contributed by atoms with Crippen LogP contribution in [0.15, 0.2) is 24.3 Å². The lowest BCUT2D eigenvalue weighted by Gasteiger charge is -2.07. The van der Waals surface area contributed by atoms with Gasteiger partial charge in [-0.15, -0.1) is 11.6 Å². The van der Waals surface area contributed by atoms with Crippen molar-refractivity contribution in [1.29, 1.82) is 0 Å². The molecule has 0 radical (unpaired) electrons. The number of halogens is 1. The Morgan fingerprint density at radius 3 is 2.47 bits per heavy atom. The van der Waals surface area contributed by atoms with Gasteiger partial charge in [-0.3, -0.25) is 0 Å². The summed E-state index contributed by atoms with van der Waals surface area (Å²) in [5, 5.41) is 0. The van der Waals surface area contributed by atoms with Crippen LogP contribution in [0.25, 0.3) is 0 Å². The number of hydrogen-bond acceptors (Lipinski definition) is 1. The first-order valence-corrected chi connectivity index (χ1v) is 5.53. The van der Waals surface area contributed by atoms with Gasteiger partial charge in [0, 0.05) is 5.56 Å². The molecule has 80 valence electrons. The second kappa shape index (κ2) is 6.37. The van der Waals surface area contributed by atoms with Crippen LogP contribution in [0.5, 0.6) is 5.75 Å². The molecule has 0 aromatic heterocycles. The molecule has 1 rings (SSSR count). The van der Waals surface area contributed by atoms with Crippen LogP contribution in [-0.4, -0.2) is 12.5 Å². The molecule has 0 heterocycles. The van der Waals surface area contributed by atoms with Gasteiger partial charge in [-0.05, 0) is 30.2 Å². The molecule has 0 spiro atoms. The SMILES string of the molecule is CC(C)COc1ccc(C#CCCl)cc1. The first-order chi connectivity index (χ1) is 7.22. The van der Waals surface area contributed by atoms with Gasteiger partial charge in [-0.25, -0.2) is 0 Å². The fourth-order valence-corrected chi connectivity index (χ4v) is 1.10. The number of hydrogen-bond donors (Lipinski definition) is 0. The highest BCUT2D eigenvalue weighted by atomic mass is 35.5. The third kappa shape index (κ3) is 4.76. The van der Waals surface area contributed by atoms with Crippen LogP contribution in [0.2, 0.25) is 0 Å². The van der Waals surface area contributed by atoms with Crippen LogP contribution < -0.4 is 4.74 Å². The lowest BCUT2D eigenvalue weighted by Crippen LogP contribution is -2.04. The van der Waals surface area contributed by atoms with Crippen LogP contribution in [0.1, 0.15) is 19.4 Å². The molecule has 0 unspecified atom stereocenters. The molecule has 1 nitrogen and oxygen atoms in total. The lowest BCUT2D eigenvalue weighted by atomic mass is 10.2. The Morgan fingerprint density at radius 2 is 1.93 bits per heavy atom. The summed E-state index contributed by atoms with van der Waals surface area (Å²) in [5.41, 5.74) is 0.965. The van der Waals surface area contributed by atoms with Crippen molar-refractivity contribution in [2.24, 2.45) is 5.92 Å². The first kappa shape index (κ1) is 11.9. The van der Waals surface area contributed by atoms with Gasteiger partial charge in [0.1, 0.15) is 5.75 Å². The second-order valence-corrected chi connectivity index (χ2v) is 3.93. The van der Waals surface area contributed by atoms with Crippen LogP contribution in [0.4, 0.5) is 0 Å². The van der Waals surface area contributed by atoms with E-state index in [0.29, 0.717) is 11.8 Å². The Bertz CT molecular complexity index is 343. The number of benzene rings is 1. The predicted molar refractivity (Wildman–Crippen MR) is 64.4 cm³/mol. The van der Waals surface area contributed by atoms with Crippen molar-refractivity contribution in [3.05, 3.63) is 29.8 Å². The molecule has 0 bridgehead atoms. The Morgan fingerprint density at radius 1 is 1.27 bits per heavy atom. The van der Waals surface area contributed by atoms with Gasteiger partial charge in [0.05, 0.1) is 12.5 Å². The summed E-state index contributed by atoms with van der Waals surface area (Å²) in [4.78, 5) is 0. The highest BCUT2D eigenvalue weighted by Crippen LogP contribution is 2.12. The number of ether oxygens (including phenoxy) is 1. The van der Waals surface area contributed by atoms with Crippen LogP contribution in [-0.2, 0) is 0 Å². The molecule has 2 heteroatoms. The van der Waals surface area contributed by atoms with E-state index in [1.54, 1.807) is 0 Å². The van der Waals surface area contributed by atoms with E-state index in [-0.39, 0.29) is 0 Å². The monoisotopic (exact) mass is 222 g/mol. The Labute approximate surface area is 96.4 Å². The van der Waals surface area contributed by atoms with Crippen molar-refractivity contribution in [2.75, 3.05) is 12.5 Å². The smallest absolute Gasteiger partial charge is 0.119 e. The minimum atomic E-state index is 0.367. The Kier molecular flexibility index (Phi) is 5.07.